The number of hydrogen-bond acceptors (Lipinski definition) is 2. The molecule has 0 aromatic heterocycles. The second kappa shape index (κ2) is 6.10. The van der Waals surface area contributed by atoms with E-state index in [0.29, 0.717) is 0 Å². The van der Waals surface area contributed by atoms with Gasteiger partial charge in [-0.05, 0) is 36.4 Å². The first-order chi connectivity index (χ1) is 9.56. The van der Waals surface area contributed by atoms with E-state index >= 15 is 0 Å². The Kier molecular flexibility index (Phi) is 4.24. The summed E-state index contributed by atoms with van der Waals surface area (Å²) in [7, 11) is 0. The molecule has 0 heterocycles. The minimum atomic E-state index is -0.875. The summed E-state index contributed by atoms with van der Waals surface area (Å²) >= 11 is 0. The molecule has 0 atom stereocenters. The van der Waals surface area contributed by atoms with E-state index in [4.69, 9.17) is 4.74 Å². The summed E-state index contributed by atoms with van der Waals surface area (Å²) in [5.74, 6) is -2.63. The molecule has 20 heavy (non-hydrogen) atoms. The van der Waals surface area contributed by atoms with E-state index in [-0.39, 0.29) is 5.75 Å². The highest BCUT2D eigenvalue weighted by Gasteiger charge is 2.12. The molecule has 0 bridgehead atoms. The van der Waals surface area contributed by atoms with Crippen LogP contribution in [0.3, 0.4) is 0 Å². The van der Waals surface area contributed by atoms with E-state index in [9.17, 15) is 18.0 Å². The molecule has 0 spiro atoms. The second-order valence-corrected chi connectivity index (χ2v) is 3.89. The maximum absolute atomic E-state index is 13.3. The summed E-state index contributed by atoms with van der Waals surface area (Å²) < 4.78 is 44.3. The van der Waals surface area contributed by atoms with Crippen molar-refractivity contribution in [3.8, 4) is 5.75 Å². The first kappa shape index (κ1) is 13.9. The van der Waals surface area contributed by atoms with Crippen molar-refractivity contribution in [3.63, 3.8) is 0 Å². The maximum Gasteiger partial charge on any atom is 0.262 e. The van der Waals surface area contributed by atoms with Crippen LogP contribution in [-0.4, -0.2) is 12.5 Å². The lowest BCUT2D eigenvalue weighted by Gasteiger charge is -2.08. The molecule has 3 nitrogen and oxygen atoms in total. The summed E-state index contributed by atoms with van der Waals surface area (Å²) in [4.78, 5) is 11.5. The van der Waals surface area contributed by atoms with Crippen molar-refractivity contribution in [2.75, 3.05) is 11.9 Å². The molecule has 0 aliphatic heterocycles. The predicted molar refractivity (Wildman–Crippen MR) is 66.9 cm³/mol. The first-order valence-corrected chi connectivity index (χ1v) is 5.68. The van der Waals surface area contributed by atoms with Crippen molar-refractivity contribution in [1.82, 2.24) is 0 Å². The molecule has 0 saturated heterocycles. The summed E-state index contributed by atoms with van der Waals surface area (Å²) in [6, 6.07) is 8.26. The van der Waals surface area contributed by atoms with Crippen molar-refractivity contribution < 1.29 is 22.7 Å². The highest BCUT2D eigenvalue weighted by molar-refractivity contribution is 5.92. The minimum absolute atomic E-state index is 0.274. The zero-order chi connectivity index (χ0) is 14.5. The molecule has 0 fully saturated rings. The molecular formula is C14H10F3NO2. The smallest absolute Gasteiger partial charge is 0.262 e. The van der Waals surface area contributed by atoms with Crippen molar-refractivity contribution in [3.05, 3.63) is 59.9 Å². The van der Waals surface area contributed by atoms with Crippen LogP contribution in [0.4, 0.5) is 18.9 Å². The van der Waals surface area contributed by atoms with Crippen molar-refractivity contribution in [2.45, 2.75) is 0 Å². The van der Waals surface area contributed by atoms with Crippen LogP contribution in [-0.2, 0) is 4.79 Å². The molecule has 1 N–H and O–H groups in total. The van der Waals surface area contributed by atoms with Crippen LogP contribution in [0.15, 0.2) is 42.5 Å². The van der Waals surface area contributed by atoms with E-state index in [0.717, 1.165) is 12.1 Å². The van der Waals surface area contributed by atoms with Crippen LogP contribution in [0.1, 0.15) is 0 Å². The van der Waals surface area contributed by atoms with Gasteiger partial charge in [0.1, 0.15) is 28.9 Å². The molecule has 2 aromatic rings. The lowest BCUT2D eigenvalue weighted by molar-refractivity contribution is -0.118. The molecule has 2 aromatic carbocycles. The van der Waals surface area contributed by atoms with Gasteiger partial charge in [-0.1, -0.05) is 6.07 Å². The average molecular weight is 281 g/mol. The number of nitrogens with one attached hydrogen (secondary N) is 1. The topological polar surface area (TPSA) is 38.3 Å². The summed E-state index contributed by atoms with van der Waals surface area (Å²) in [6.07, 6.45) is 0. The van der Waals surface area contributed by atoms with Crippen LogP contribution in [0.5, 0.6) is 5.75 Å². The number of carbonyl (C=O) groups is 1. The molecular weight excluding hydrogens is 271 g/mol. The highest BCUT2D eigenvalue weighted by atomic mass is 19.1. The number of anilines is 1. The Morgan fingerprint density at radius 2 is 1.60 bits per heavy atom. The molecule has 0 unspecified atom stereocenters. The van der Waals surface area contributed by atoms with E-state index in [2.05, 4.69) is 5.32 Å². The van der Waals surface area contributed by atoms with Gasteiger partial charge in [-0.15, -0.1) is 0 Å². The van der Waals surface area contributed by atoms with Gasteiger partial charge in [-0.2, -0.15) is 0 Å². The van der Waals surface area contributed by atoms with Crippen LogP contribution in [0.25, 0.3) is 0 Å². The third kappa shape index (κ3) is 3.50. The quantitative estimate of drug-likeness (QED) is 0.935. The highest BCUT2D eigenvalue weighted by Crippen LogP contribution is 2.18. The van der Waals surface area contributed by atoms with Crippen molar-refractivity contribution >= 4 is 11.6 Å². The normalized spacial score (nSPS) is 10.2. The average Bonchev–Trinajstić information content (AvgIpc) is 2.42. The Bertz CT molecular complexity index is 594. The monoisotopic (exact) mass is 281 g/mol. The number of amides is 1. The molecule has 0 radical (unpaired) electrons. The summed E-state index contributed by atoms with van der Waals surface area (Å²) in [5, 5.41) is 2.07. The standard InChI is InChI=1S/C14H10F3NO2/c15-9-4-6-10(7-5-9)20-8-13(19)18-14-11(16)2-1-3-12(14)17/h1-7H,8H2,(H,18,19). The number of para-hydroxylation sites is 1. The predicted octanol–water partition coefficient (Wildman–Crippen LogP) is 3.12. The number of rotatable bonds is 4. The lowest BCUT2D eigenvalue weighted by atomic mass is 10.3. The number of ether oxygens (including phenoxy) is 1. The molecule has 1 amide bonds. The van der Waals surface area contributed by atoms with E-state index in [1.165, 1.54) is 30.3 Å². The Balaban J connectivity index is 1.94. The minimum Gasteiger partial charge on any atom is -0.484 e. The fraction of sp³-hybridized carbons (Fsp3) is 0.0714. The lowest BCUT2D eigenvalue weighted by Crippen LogP contribution is -2.21. The number of benzene rings is 2. The second-order valence-electron chi connectivity index (χ2n) is 3.89. The Hall–Kier alpha value is -2.50. The SMILES string of the molecule is O=C(COc1ccc(F)cc1)Nc1c(F)cccc1F. The van der Waals surface area contributed by atoms with Crippen LogP contribution >= 0.6 is 0 Å². The Labute approximate surface area is 113 Å². The van der Waals surface area contributed by atoms with Gasteiger partial charge in [0.15, 0.2) is 6.61 Å². The van der Waals surface area contributed by atoms with Gasteiger partial charge >= 0.3 is 0 Å². The van der Waals surface area contributed by atoms with Gasteiger partial charge in [0.05, 0.1) is 0 Å². The van der Waals surface area contributed by atoms with Crippen molar-refractivity contribution in [2.24, 2.45) is 0 Å². The van der Waals surface area contributed by atoms with Crippen molar-refractivity contribution in [1.29, 1.82) is 0 Å². The molecule has 2 rings (SSSR count). The number of halogens is 3. The first-order valence-electron chi connectivity index (χ1n) is 5.68. The van der Waals surface area contributed by atoms with E-state index in [1.807, 2.05) is 0 Å². The van der Waals surface area contributed by atoms with E-state index < -0.39 is 35.7 Å². The van der Waals surface area contributed by atoms with Gasteiger partial charge in [-0.25, -0.2) is 13.2 Å². The van der Waals surface area contributed by atoms with E-state index in [1.54, 1.807) is 0 Å². The van der Waals surface area contributed by atoms with Crippen LogP contribution in [0, 0.1) is 17.5 Å². The number of carbonyl (C=O) groups excluding carboxylic acids is 1. The van der Waals surface area contributed by atoms with Gasteiger partial charge in [0.25, 0.3) is 5.91 Å². The third-order valence-corrected chi connectivity index (χ3v) is 2.41. The zero-order valence-corrected chi connectivity index (χ0v) is 10.2. The fourth-order valence-corrected chi connectivity index (χ4v) is 1.47. The summed E-state index contributed by atoms with van der Waals surface area (Å²) in [5.41, 5.74) is -0.528. The van der Waals surface area contributed by atoms with Crippen LogP contribution < -0.4 is 10.1 Å². The van der Waals surface area contributed by atoms with Gasteiger partial charge in [0.2, 0.25) is 0 Å². The van der Waals surface area contributed by atoms with Gasteiger partial charge < -0.3 is 10.1 Å². The van der Waals surface area contributed by atoms with Gasteiger partial charge in [-0.3, -0.25) is 4.79 Å². The summed E-state index contributed by atoms with van der Waals surface area (Å²) in [6.45, 7) is -0.445. The van der Waals surface area contributed by atoms with Gasteiger partial charge in [0, 0.05) is 0 Å². The Morgan fingerprint density at radius 1 is 1.00 bits per heavy atom. The zero-order valence-electron chi connectivity index (χ0n) is 10.2. The molecule has 0 aliphatic carbocycles. The maximum atomic E-state index is 13.3. The Morgan fingerprint density at radius 3 is 2.20 bits per heavy atom. The fourth-order valence-electron chi connectivity index (χ4n) is 1.47. The molecule has 0 aliphatic rings. The molecule has 104 valence electrons. The van der Waals surface area contributed by atoms with Crippen LogP contribution in [0.2, 0.25) is 0 Å². The largest absolute Gasteiger partial charge is 0.484 e. The number of hydrogen-bond donors (Lipinski definition) is 1. The third-order valence-electron chi connectivity index (χ3n) is 2.41. The molecule has 0 saturated carbocycles. The molecule has 6 heteroatoms.